The molecule has 3 aromatic rings. The first-order valence-electron chi connectivity index (χ1n) is 13.3. The van der Waals surface area contributed by atoms with Gasteiger partial charge in [-0.2, -0.15) is 0 Å². The molecule has 3 aromatic carbocycles. The minimum absolute atomic E-state index is 0.0105. The average molecular weight is 499 g/mol. The van der Waals surface area contributed by atoms with E-state index in [2.05, 4.69) is 56.0 Å². The van der Waals surface area contributed by atoms with E-state index in [4.69, 9.17) is 14.6 Å². The molecule has 0 atom stereocenters. The number of benzene rings is 3. The van der Waals surface area contributed by atoms with Crippen molar-refractivity contribution in [2.45, 2.75) is 51.9 Å². The summed E-state index contributed by atoms with van der Waals surface area (Å²) in [6.07, 6.45) is 5.80. The van der Waals surface area contributed by atoms with Gasteiger partial charge in [-0.15, -0.1) is 0 Å². The summed E-state index contributed by atoms with van der Waals surface area (Å²) in [5, 5.41) is 8.98. The first-order valence-corrected chi connectivity index (χ1v) is 13.3. The van der Waals surface area contributed by atoms with Gasteiger partial charge in [0.1, 0.15) is 12.4 Å². The first-order chi connectivity index (χ1) is 17.9. The highest BCUT2D eigenvalue weighted by molar-refractivity contribution is 5.87. The second kappa shape index (κ2) is 12.7. The quantitative estimate of drug-likeness (QED) is 0.235. The molecule has 1 saturated carbocycles. The Balaban J connectivity index is 1.57. The molecule has 1 fully saturated rings. The maximum atomic E-state index is 11.9. The molecular formula is C33H38O4. The summed E-state index contributed by atoms with van der Waals surface area (Å²) in [5.74, 6) is 1.88. The Kier molecular flexibility index (Phi) is 9.19. The molecule has 0 radical (unpaired) electrons. The Labute approximate surface area is 221 Å². The van der Waals surface area contributed by atoms with Gasteiger partial charge in [0.2, 0.25) is 0 Å². The molecule has 1 aliphatic carbocycles. The van der Waals surface area contributed by atoms with Crippen molar-refractivity contribution in [1.82, 2.24) is 0 Å². The van der Waals surface area contributed by atoms with Gasteiger partial charge in [-0.1, -0.05) is 80.9 Å². The second-order valence-electron chi connectivity index (χ2n) is 10.2. The van der Waals surface area contributed by atoms with Gasteiger partial charge in [0.15, 0.2) is 0 Å². The van der Waals surface area contributed by atoms with Gasteiger partial charge in [-0.05, 0) is 77.1 Å². The first kappa shape index (κ1) is 26.7. The van der Waals surface area contributed by atoms with Gasteiger partial charge in [-0.3, -0.25) is 0 Å². The van der Waals surface area contributed by atoms with Gasteiger partial charge in [0.25, 0.3) is 0 Å². The summed E-state index contributed by atoms with van der Waals surface area (Å²) in [6.45, 7) is 8.27. The number of carbonyl (C=O) groups is 1. The molecule has 1 aliphatic rings. The highest BCUT2D eigenvalue weighted by Gasteiger charge is 2.20. The van der Waals surface area contributed by atoms with Crippen molar-refractivity contribution >= 4 is 5.97 Å². The Hall–Kier alpha value is -3.37. The van der Waals surface area contributed by atoms with Crippen molar-refractivity contribution < 1.29 is 19.4 Å². The van der Waals surface area contributed by atoms with Crippen LogP contribution >= 0.6 is 0 Å². The van der Waals surface area contributed by atoms with E-state index < -0.39 is 0 Å². The molecule has 0 aliphatic heterocycles. The number of aliphatic hydroxyl groups excluding tert-OH is 1. The Morgan fingerprint density at radius 3 is 2.19 bits per heavy atom. The molecule has 4 nitrogen and oxygen atoms in total. The minimum Gasteiger partial charge on any atom is -0.491 e. The van der Waals surface area contributed by atoms with E-state index >= 15 is 0 Å². The maximum Gasteiger partial charge on any atom is 0.333 e. The van der Waals surface area contributed by atoms with Crippen LogP contribution < -0.4 is 4.74 Å². The number of rotatable bonds is 10. The predicted octanol–water partition coefficient (Wildman–Crippen LogP) is 7.35. The van der Waals surface area contributed by atoms with Crippen LogP contribution in [0, 0.1) is 5.92 Å². The average Bonchev–Trinajstić information content (AvgIpc) is 2.92. The van der Waals surface area contributed by atoms with Gasteiger partial charge in [-0.25, -0.2) is 4.79 Å². The van der Waals surface area contributed by atoms with Crippen LogP contribution in [0.5, 0.6) is 5.75 Å². The lowest BCUT2D eigenvalue weighted by molar-refractivity contribution is -0.138. The largest absolute Gasteiger partial charge is 0.491 e. The van der Waals surface area contributed by atoms with Crippen molar-refractivity contribution in [2.75, 3.05) is 19.8 Å². The molecule has 0 aromatic heterocycles. The molecule has 0 spiro atoms. The Morgan fingerprint density at radius 2 is 1.54 bits per heavy atom. The lowest BCUT2D eigenvalue weighted by Gasteiger charge is -2.26. The second-order valence-corrected chi connectivity index (χ2v) is 10.2. The van der Waals surface area contributed by atoms with Crippen LogP contribution in [-0.2, 0) is 16.0 Å². The van der Waals surface area contributed by atoms with Crippen LogP contribution in [0.3, 0.4) is 0 Å². The molecular weight excluding hydrogens is 460 g/mol. The van der Waals surface area contributed by atoms with E-state index in [1.807, 2.05) is 24.3 Å². The van der Waals surface area contributed by atoms with E-state index in [0.717, 1.165) is 33.9 Å². The van der Waals surface area contributed by atoms with Crippen LogP contribution in [0.1, 0.15) is 56.6 Å². The van der Waals surface area contributed by atoms with Crippen molar-refractivity contribution in [3.05, 3.63) is 90.0 Å². The van der Waals surface area contributed by atoms with E-state index in [1.54, 1.807) is 6.92 Å². The summed E-state index contributed by atoms with van der Waals surface area (Å²) >= 11 is 0. The van der Waals surface area contributed by atoms with Gasteiger partial charge >= 0.3 is 5.97 Å². The molecule has 0 amide bonds. The molecule has 194 valence electrons. The fourth-order valence-corrected chi connectivity index (χ4v) is 5.07. The third kappa shape index (κ3) is 7.11. The summed E-state index contributed by atoms with van der Waals surface area (Å²) in [6, 6.07) is 23.4. The zero-order valence-corrected chi connectivity index (χ0v) is 22.0. The fourth-order valence-electron chi connectivity index (χ4n) is 5.07. The van der Waals surface area contributed by atoms with Crippen LogP contribution in [-0.4, -0.2) is 30.9 Å². The van der Waals surface area contributed by atoms with E-state index in [1.165, 1.54) is 36.8 Å². The van der Waals surface area contributed by atoms with Crippen molar-refractivity contribution in [3.8, 4) is 28.0 Å². The molecule has 37 heavy (non-hydrogen) atoms. The van der Waals surface area contributed by atoms with Crippen LogP contribution in [0.15, 0.2) is 78.9 Å². The normalized spacial score (nSPS) is 17.3. The highest BCUT2D eigenvalue weighted by Crippen LogP contribution is 2.37. The van der Waals surface area contributed by atoms with E-state index in [0.29, 0.717) is 24.5 Å². The molecule has 0 saturated heterocycles. The molecule has 4 heteroatoms. The van der Waals surface area contributed by atoms with E-state index in [9.17, 15) is 4.79 Å². The Bertz CT molecular complexity index is 1190. The maximum absolute atomic E-state index is 11.9. The van der Waals surface area contributed by atoms with Crippen LogP contribution in [0.2, 0.25) is 0 Å². The summed E-state index contributed by atoms with van der Waals surface area (Å²) in [7, 11) is 0. The van der Waals surface area contributed by atoms with Crippen molar-refractivity contribution in [1.29, 1.82) is 0 Å². The van der Waals surface area contributed by atoms with Gasteiger partial charge in [0, 0.05) is 12.0 Å². The number of hydrogen-bond donors (Lipinski definition) is 1. The monoisotopic (exact) mass is 498 g/mol. The van der Waals surface area contributed by atoms with Crippen LogP contribution in [0.4, 0.5) is 0 Å². The molecule has 4 rings (SSSR count). The molecule has 1 N–H and O–H groups in total. The summed E-state index contributed by atoms with van der Waals surface area (Å²) in [4.78, 5) is 11.9. The van der Waals surface area contributed by atoms with Crippen LogP contribution in [0.25, 0.3) is 22.3 Å². The number of ether oxygens (including phenoxy) is 2. The van der Waals surface area contributed by atoms with Gasteiger partial charge in [0.05, 0.1) is 13.2 Å². The predicted molar refractivity (Wildman–Crippen MR) is 150 cm³/mol. The minimum atomic E-state index is -0.359. The lowest BCUT2D eigenvalue weighted by atomic mass is 9.79. The number of carbonyl (C=O) groups excluding carboxylic acids is 1. The van der Waals surface area contributed by atoms with Gasteiger partial charge < -0.3 is 14.6 Å². The van der Waals surface area contributed by atoms with Crippen molar-refractivity contribution in [3.63, 3.8) is 0 Å². The standard InChI is InChI=1S/C33H38O4/c1-23(2)33(35)37-20-18-30-22-29(27-12-15-31(16-13-27)36-21-19-34)14-17-32(30)28-10-8-26(9-11-28)25-6-4-24(3)5-7-25/h8-17,22,24-25,34H,1,4-7,18-21H2,2-3H3. The molecule has 0 heterocycles. The highest BCUT2D eigenvalue weighted by atomic mass is 16.5. The smallest absolute Gasteiger partial charge is 0.333 e. The summed E-state index contributed by atoms with van der Waals surface area (Å²) < 4.78 is 10.9. The summed E-state index contributed by atoms with van der Waals surface area (Å²) in [5.41, 5.74) is 7.47. The molecule has 0 unspecified atom stereocenters. The number of hydrogen-bond acceptors (Lipinski definition) is 4. The molecule has 0 bridgehead atoms. The van der Waals surface area contributed by atoms with E-state index in [-0.39, 0.29) is 19.2 Å². The fraction of sp³-hybridized carbons (Fsp3) is 0.364. The zero-order valence-electron chi connectivity index (χ0n) is 22.0. The third-order valence-corrected chi connectivity index (χ3v) is 7.31. The topological polar surface area (TPSA) is 55.8 Å². The van der Waals surface area contributed by atoms with Crippen molar-refractivity contribution in [2.24, 2.45) is 5.92 Å². The number of aliphatic hydroxyl groups is 1. The SMILES string of the molecule is C=C(C)C(=O)OCCc1cc(-c2ccc(OCCO)cc2)ccc1-c1ccc(C2CCC(C)CC2)cc1. The lowest BCUT2D eigenvalue weighted by Crippen LogP contribution is -2.10. The number of esters is 1. The third-order valence-electron chi connectivity index (χ3n) is 7.31. The Morgan fingerprint density at radius 1 is 0.892 bits per heavy atom. The zero-order chi connectivity index (χ0) is 26.2.